The number of imidazole rings is 1. The monoisotopic (exact) mass is 816 g/mol. The molecule has 4 aliphatic rings. The molecule has 2 aromatic carbocycles. The lowest BCUT2D eigenvalue weighted by Gasteiger charge is -2.44. The smallest absolute Gasteiger partial charge is 0.328 e. The number of carbonyl (C=O) groups excluding carboxylic acids is 3. The minimum atomic E-state index is -0.579. The molecule has 0 spiro atoms. The van der Waals surface area contributed by atoms with Gasteiger partial charge in [0.2, 0.25) is 5.91 Å². The van der Waals surface area contributed by atoms with Gasteiger partial charge in [-0.3, -0.25) is 29.7 Å². The highest BCUT2D eigenvalue weighted by molar-refractivity contribution is 6.34. The van der Waals surface area contributed by atoms with E-state index in [0.717, 1.165) is 99.7 Å². The minimum Gasteiger partial charge on any atom is -0.385 e. The average molecular weight is 817 g/mol. The van der Waals surface area contributed by atoms with Gasteiger partial charge in [0.25, 0.3) is 5.91 Å². The first-order valence-corrected chi connectivity index (χ1v) is 20.8. The Morgan fingerprint density at radius 2 is 1.71 bits per heavy atom. The Hall–Kier alpha value is -5.77. The number of imide groups is 1. The second-order valence-electron chi connectivity index (χ2n) is 15.9. The van der Waals surface area contributed by atoms with Crippen molar-refractivity contribution < 1.29 is 14.4 Å². The fourth-order valence-electron chi connectivity index (χ4n) is 9.30. The van der Waals surface area contributed by atoms with E-state index in [1.54, 1.807) is 4.90 Å². The third kappa shape index (κ3) is 7.54. The van der Waals surface area contributed by atoms with E-state index >= 15 is 0 Å². The number of hydrogen-bond donors (Lipinski definition) is 3. The highest BCUT2D eigenvalue weighted by Crippen LogP contribution is 2.40. The standard InChI is InChI=1S/C43H49ClN12O3/c1-46-35-23-39(50-56-38(41(45)58)25-48-42(35)56)54-20-14-32-31(4-3-5-36(32)54)34-9-6-27(24-47-34)26-52-16-10-29(11-17-52)53-18-12-28(13-19-53)51(2)30-7-8-33(44)37(22-30)55-21-15-40(57)49-43(55)59/h3-9,22-25,28-29,46H,10-21,26H2,1-2H3,(H2,45,58)(H,49,57,59). The molecule has 4 N–H and O–H groups in total. The summed E-state index contributed by atoms with van der Waals surface area (Å²) in [7, 11) is 3.95. The van der Waals surface area contributed by atoms with Crippen molar-refractivity contribution in [3.8, 4) is 11.3 Å². The van der Waals surface area contributed by atoms with Crippen LogP contribution in [0.15, 0.2) is 67.0 Å². The van der Waals surface area contributed by atoms with Gasteiger partial charge in [-0.2, -0.15) is 0 Å². The number of likely N-dealkylation sites (tertiary alicyclic amines) is 2. The maximum atomic E-state index is 12.5. The number of anilines is 5. The van der Waals surface area contributed by atoms with E-state index in [-0.39, 0.29) is 18.0 Å². The van der Waals surface area contributed by atoms with Crippen molar-refractivity contribution in [2.45, 2.75) is 57.2 Å². The van der Waals surface area contributed by atoms with E-state index in [0.29, 0.717) is 40.8 Å². The first kappa shape index (κ1) is 38.7. The van der Waals surface area contributed by atoms with Crippen molar-refractivity contribution in [3.05, 3.63) is 88.8 Å². The van der Waals surface area contributed by atoms with E-state index in [1.807, 2.05) is 37.5 Å². The van der Waals surface area contributed by atoms with Gasteiger partial charge < -0.3 is 25.8 Å². The molecule has 59 heavy (non-hydrogen) atoms. The van der Waals surface area contributed by atoms with Crippen molar-refractivity contribution in [2.75, 3.05) is 73.4 Å². The number of amides is 4. The first-order chi connectivity index (χ1) is 28.6. The lowest BCUT2D eigenvalue weighted by molar-refractivity contribution is -0.120. The molecule has 0 bridgehead atoms. The summed E-state index contributed by atoms with van der Waals surface area (Å²) in [4.78, 5) is 56.9. The number of halogens is 1. The van der Waals surface area contributed by atoms with Gasteiger partial charge in [0, 0.05) is 94.5 Å². The van der Waals surface area contributed by atoms with Crippen LogP contribution >= 0.6 is 11.6 Å². The molecule has 3 aromatic heterocycles. The fraction of sp³-hybridized carbons (Fsp3) is 0.395. The molecule has 3 saturated heterocycles. The summed E-state index contributed by atoms with van der Waals surface area (Å²) in [5, 5.41) is 10.9. The van der Waals surface area contributed by atoms with Gasteiger partial charge in [-0.1, -0.05) is 29.8 Å². The van der Waals surface area contributed by atoms with E-state index in [1.165, 1.54) is 21.8 Å². The molecule has 0 atom stereocenters. The largest absolute Gasteiger partial charge is 0.385 e. The predicted molar refractivity (Wildman–Crippen MR) is 230 cm³/mol. The maximum Gasteiger partial charge on any atom is 0.328 e. The van der Waals surface area contributed by atoms with Crippen molar-refractivity contribution >= 4 is 63.7 Å². The Balaban J connectivity index is 0.786. The van der Waals surface area contributed by atoms with E-state index in [9.17, 15) is 14.4 Å². The topological polar surface area (TPSA) is 161 Å². The molecule has 4 aliphatic heterocycles. The predicted octanol–water partition coefficient (Wildman–Crippen LogP) is 5.29. The summed E-state index contributed by atoms with van der Waals surface area (Å²) in [5.74, 6) is -0.131. The maximum absolute atomic E-state index is 12.5. The second kappa shape index (κ2) is 16.1. The SMILES string of the molecule is CNc1cc(N2CCc3c(-c4ccc(CN5CCC(N6CCC(N(C)c7ccc(Cl)c(N8CCC(=O)NC8=O)c7)CC6)CC5)cn4)cccc32)nn2c(C(N)=O)cnc12. The van der Waals surface area contributed by atoms with Crippen LogP contribution in [0.3, 0.4) is 0 Å². The molecular formula is C43H49ClN12O3. The Morgan fingerprint density at radius 1 is 0.915 bits per heavy atom. The number of nitrogens with zero attached hydrogens (tertiary/aromatic N) is 9. The Labute approximate surface area is 348 Å². The fourth-order valence-corrected chi connectivity index (χ4v) is 9.52. The third-order valence-electron chi connectivity index (χ3n) is 12.6. The summed E-state index contributed by atoms with van der Waals surface area (Å²) in [6.45, 7) is 6.20. The second-order valence-corrected chi connectivity index (χ2v) is 16.3. The van der Waals surface area contributed by atoms with Gasteiger partial charge in [0.1, 0.15) is 5.69 Å². The number of nitrogens with two attached hydrogens (primary N) is 1. The van der Waals surface area contributed by atoms with Crippen LogP contribution < -0.4 is 31.1 Å². The van der Waals surface area contributed by atoms with Crippen LogP contribution in [0.1, 0.15) is 53.7 Å². The first-order valence-electron chi connectivity index (χ1n) is 20.5. The van der Waals surface area contributed by atoms with Gasteiger partial charge in [0.15, 0.2) is 11.5 Å². The molecule has 0 saturated carbocycles. The van der Waals surface area contributed by atoms with Crippen molar-refractivity contribution in [1.29, 1.82) is 0 Å². The molecule has 16 heteroatoms. The molecular weight excluding hydrogens is 768 g/mol. The highest BCUT2D eigenvalue weighted by atomic mass is 35.5. The number of rotatable bonds is 10. The number of primary amides is 1. The minimum absolute atomic E-state index is 0.237. The Morgan fingerprint density at radius 3 is 2.44 bits per heavy atom. The van der Waals surface area contributed by atoms with E-state index < -0.39 is 11.9 Å². The molecule has 3 fully saturated rings. The zero-order chi connectivity index (χ0) is 40.8. The average Bonchev–Trinajstić information content (AvgIpc) is 3.90. The number of pyridine rings is 1. The van der Waals surface area contributed by atoms with Crippen molar-refractivity contribution in [2.24, 2.45) is 5.73 Å². The highest BCUT2D eigenvalue weighted by Gasteiger charge is 2.32. The summed E-state index contributed by atoms with van der Waals surface area (Å²) < 4.78 is 1.52. The number of carbonyl (C=O) groups is 3. The molecule has 7 heterocycles. The van der Waals surface area contributed by atoms with Gasteiger partial charge in [-0.05, 0) is 86.7 Å². The molecule has 0 unspecified atom stereocenters. The Bertz CT molecular complexity index is 2410. The van der Waals surface area contributed by atoms with Crippen molar-refractivity contribution in [3.63, 3.8) is 0 Å². The zero-order valence-electron chi connectivity index (χ0n) is 33.4. The van der Waals surface area contributed by atoms with Gasteiger partial charge >= 0.3 is 6.03 Å². The molecule has 0 aliphatic carbocycles. The lowest BCUT2D eigenvalue weighted by atomic mass is 9.96. The number of piperidine rings is 2. The molecule has 9 rings (SSSR count). The summed E-state index contributed by atoms with van der Waals surface area (Å²) in [6.07, 6.45) is 9.04. The normalized spacial score (nSPS) is 18.4. The lowest BCUT2D eigenvalue weighted by Crippen LogP contribution is -2.50. The van der Waals surface area contributed by atoms with Crippen molar-refractivity contribution in [1.82, 2.24) is 34.7 Å². The third-order valence-corrected chi connectivity index (χ3v) is 12.9. The number of benzene rings is 2. The molecule has 306 valence electrons. The number of urea groups is 1. The number of nitrogens with one attached hydrogen (secondary N) is 2. The van der Waals surface area contributed by atoms with Crippen LogP contribution in [-0.2, 0) is 17.8 Å². The quantitative estimate of drug-likeness (QED) is 0.168. The van der Waals surface area contributed by atoms with Crippen LogP contribution in [0, 0.1) is 0 Å². The summed E-state index contributed by atoms with van der Waals surface area (Å²) in [5.41, 5.74) is 14.4. The van der Waals surface area contributed by atoms with E-state index in [4.69, 9.17) is 27.4 Å². The molecule has 5 aromatic rings. The van der Waals surface area contributed by atoms with Crippen LogP contribution in [-0.4, -0.2) is 113 Å². The van der Waals surface area contributed by atoms with Crippen LogP contribution in [0.4, 0.5) is 33.4 Å². The molecule has 4 amide bonds. The van der Waals surface area contributed by atoms with Crippen LogP contribution in [0.2, 0.25) is 5.02 Å². The zero-order valence-corrected chi connectivity index (χ0v) is 34.2. The number of aromatic nitrogens is 4. The Kier molecular flexibility index (Phi) is 10.6. The summed E-state index contributed by atoms with van der Waals surface area (Å²) in [6, 6.07) is 19.0. The van der Waals surface area contributed by atoms with Crippen LogP contribution in [0.5, 0.6) is 0 Å². The van der Waals surface area contributed by atoms with Crippen LogP contribution in [0.25, 0.3) is 16.9 Å². The summed E-state index contributed by atoms with van der Waals surface area (Å²) >= 11 is 6.52. The van der Waals surface area contributed by atoms with E-state index in [2.05, 4.69) is 72.6 Å². The number of hydrogen-bond acceptors (Lipinski definition) is 11. The molecule has 15 nitrogen and oxygen atoms in total. The van der Waals surface area contributed by atoms with Gasteiger partial charge in [0.05, 0.1) is 28.3 Å². The van der Waals surface area contributed by atoms with Gasteiger partial charge in [-0.25, -0.2) is 14.3 Å². The molecule has 0 radical (unpaired) electrons. The number of fused-ring (bicyclic) bond motifs is 2. The van der Waals surface area contributed by atoms with Gasteiger partial charge in [-0.15, -0.1) is 5.10 Å².